The number of hydrogen-bond acceptors (Lipinski definition) is 3. The molecule has 2 amide bonds. The van der Waals surface area contributed by atoms with Gasteiger partial charge in [-0.1, -0.05) is 12.1 Å². The molecule has 2 atom stereocenters. The Morgan fingerprint density at radius 2 is 2.08 bits per heavy atom. The molecule has 2 heterocycles. The fourth-order valence-electron chi connectivity index (χ4n) is 3.72. The standard InChI is InChI=1S/C19H29N3O2/c1-14-5-6-16(18(11-14)21-8-3-4-9-21)12-20-19(24)22-10-7-17(13-22)15(2)23/h5-6,11,15,17,23H,3-4,7-10,12-13H2,1-2H3,(H,20,24)/t15-,17+/m1/s1. The minimum atomic E-state index is -0.346. The number of urea groups is 1. The number of hydrogen-bond donors (Lipinski definition) is 2. The van der Waals surface area contributed by atoms with Gasteiger partial charge in [0.05, 0.1) is 6.10 Å². The number of anilines is 1. The van der Waals surface area contributed by atoms with Crippen molar-refractivity contribution in [2.24, 2.45) is 5.92 Å². The molecule has 2 fully saturated rings. The molecule has 3 rings (SSSR count). The Morgan fingerprint density at radius 3 is 2.75 bits per heavy atom. The lowest BCUT2D eigenvalue weighted by atomic mass is 10.0. The Balaban J connectivity index is 1.61. The van der Waals surface area contributed by atoms with E-state index in [-0.39, 0.29) is 18.1 Å². The van der Waals surface area contributed by atoms with E-state index in [0.717, 1.165) is 26.1 Å². The molecule has 0 spiro atoms. The zero-order valence-electron chi connectivity index (χ0n) is 14.8. The molecule has 24 heavy (non-hydrogen) atoms. The van der Waals surface area contributed by atoms with E-state index in [0.29, 0.717) is 13.1 Å². The van der Waals surface area contributed by atoms with Crippen molar-refractivity contribution in [3.63, 3.8) is 0 Å². The quantitative estimate of drug-likeness (QED) is 0.891. The predicted octanol–water partition coefficient (Wildman–Crippen LogP) is 2.51. The summed E-state index contributed by atoms with van der Waals surface area (Å²) in [6.07, 6.45) is 3.03. The van der Waals surface area contributed by atoms with Crippen LogP contribution in [0.5, 0.6) is 0 Å². The van der Waals surface area contributed by atoms with Crippen molar-refractivity contribution in [1.82, 2.24) is 10.2 Å². The fraction of sp³-hybridized carbons (Fsp3) is 0.632. The third-order valence-corrected chi connectivity index (χ3v) is 5.31. The van der Waals surface area contributed by atoms with Crippen LogP contribution in [-0.2, 0) is 6.54 Å². The molecule has 0 bridgehead atoms. The first-order chi connectivity index (χ1) is 11.5. The van der Waals surface area contributed by atoms with Gasteiger partial charge in [-0.25, -0.2) is 4.79 Å². The molecule has 2 N–H and O–H groups in total. The highest BCUT2D eigenvalue weighted by Gasteiger charge is 2.29. The van der Waals surface area contributed by atoms with Crippen molar-refractivity contribution in [2.45, 2.75) is 45.8 Å². The van der Waals surface area contributed by atoms with Gasteiger partial charge in [0.25, 0.3) is 0 Å². The van der Waals surface area contributed by atoms with Crippen LogP contribution in [0.1, 0.15) is 37.3 Å². The van der Waals surface area contributed by atoms with E-state index in [1.165, 1.54) is 29.7 Å². The molecule has 1 aromatic rings. The predicted molar refractivity (Wildman–Crippen MR) is 96.2 cm³/mol. The topological polar surface area (TPSA) is 55.8 Å². The minimum absolute atomic E-state index is 0.0221. The SMILES string of the molecule is Cc1ccc(CNC(=O)N2CC[C@H]([C@@H](C)O)C2)c(N2CCCC2)c1. The number of nitrogens with zero attached hydrogens (tertiary/aromatic N) is 2. The number of benzene rings is 1. The number of aliphatic hydroxyl groups excluding tert-OH is 1. The van der Waals surface area contributed by atoms with Crippen LogP contribution in [0.3, 0.4) is 0 Å². The number of rotatable bonds is 4. The lowest BCUT2D eigenvalue weighted by Crippen LogP contribution is -2.39. The van der Waals surface area contributed by atoms with Gasteiger partial charge in [0.2, 0.25) is 0 Å². The molecular formula is C19H29N3O2. The zero-order valence-corrected chi connectivity index (χ0v) is 14.8. The van der Waals surface area contributed by atoms with Gasteiger partial charge in [-0.3, -0.25) is 0 Å². The van der Waals surface area contributed by atoms with Crippen molar-refractivity contribution in [1.29, 1.82) is 0 Å². The van der Waals surface area contributed by atoms with Crippen LogP contribution >= 0.6 is 0 Å². The van der Waals surface area contributed by atoms with Crippen LogP contribution in [0, 0.1) is 12.8 Å². The maximum absolute atomic E-state index is 12.4. The molecule has 0 unspecified atom stereocenters. The Bertz CT molecular complexity index is 582. The van der Waals surface area contributed by atoms with Gasteiger partial charge in [-0.15, -0.1) is 0 Å². The summed E-state index contributed by atoms with van der Waals surface area (Å²) in [4.78, 5) is 16.7. The number of amides is 2. The third kappa shape index (κ3) is 3.83. The summed E-state index contributed by atoms with van der Waals surface area (Å²) in [6, 6.07) is 6.45. The molecular weight excluding hydrogens is 302 g/mol. The summed E-state index contributed by atoms with van der Waals surface area (Å²) < 4.78 is 0. The average Bonchev–Trinajstić information content (AvgIpc) is 3.24. The van der Waals surface area contributed by atoms with Crippen LogP contribution in [0.4, 0.5) is 10.5 Å². The number of likely N-dealkylation sites (tertiary alicyclic amines) is 1. The normalized spacial score (nSPS) is 22.0. The van der Waals surface area contributed by atoms with E-state index in [1.54, 1.807) is 6.92 Å². The second kappa shape index (κ2) is 7.43. The average molecular weight is 331 g/mol. The molecule has 0 radical (unpaired) electrons. The molecule has 2 aliphatic heterocycles. The van der Waals surface area contributed by atoms with Gasteiger partial charge < -0.3 is 20.2 Å². The molecule has 5 heteroatoms. The monoisotopic (exact) mass is 331 g/mol. The molecule has 5 nitrogen and oxygen atoms in total. The van der Waals surface area contributed by atoms with E-state index < -0.39 is 0 Å². The van der Waals surface area contributed by atoms with Crippen LogP contribution in [-0.4, -0.2) is 48.3 Å². The highest BCUT2D eigenvalue weighted by atomic mass is 16.3. The first kappa shape index (κ1) is 17.1. The second-order valence-corrected chi connectivity index (χ2v) is 7.22. The van der Waals surface area contributed by atoms with Gasteiger partial charge in [0.1, 0.15) is 0 Å². The van der Waals surface area contributed by atoms with Gasteiger partial charge in [-0.05, 0) is 50.3 Å². The van der Waals surface area contributed by atoms with Crippen molar-refractivity contribution < 1.29 is 9.90 Å². The largest absolute Gasteiger partial charge is 0.393 e. The summed E-state index contributed by atoms with van der Waals surface area (Å²) in [5.41, 5.74) is 3.70. The van der Waals surface area contributed by atoms with E-state index in [1.807, 2.05) is 4.90 Å². The van der Waals surface area contributed by atoms with E-state index in [4.69, 9.17) is 0 Å². The van der Waals surface area contributed by atoms with E-state index in [2.05, 4.69) is 35.3 Å². The smallest absolute Gasteiger partial charge is 0.317 e. The molecule has 2 aliphatic rings. The lowest BCUT2D eigenvalue weighted by Gasteiger charge is -2.23. The van der Waals surface area contributed by atoms with Gasteiger partial charge in [0, 0.05) is 44.3 Å². The molecule has 132 valence electrons. The maximum atomic E-state index is 12.4. The van der Waals surface area contributed by atoms with Crippen LogP contribution in [0.15, 0.2) is 18.2 Å². The van der Waals surface area contributed by atoms with Crippen LogP contribution < -0.4 is 10.2 Å². The van der Waals surface area contributed by atoms with Gasteiger partial charge in [-0.2, -0.15) is 0 Å². The highest BCUT2D eigenvalue weighted by molar-refractivity contribution is 5.75. The summed E-state index contributed by atoms with van der Waals surface area (Å²) in [5.74, 6) is 0.204. The summed E-state index contributed by atoms with van der Waals surface area (Å²) in [7, 11) is 0. The number of aryl methyl sites for hydroxylation is 1. The molecule has 0 aliphatic carbocycles. The minimum Gasteiger partial charge on any atom is -0.393 e. The summed E-state index contributed by atoms with van der Waals surface area (Å²) in [5, 5.41) is 12.7. The number of carbonyl (C=O) groups is 1. The van der Waals surface area contributed by atoms with Crippen molar-refractivity contribution in [2.75, 3.05) is 31.1 Å². The van der Waals surface area contributed by atoms with Gasteiger partial charge in [0.15, 0.2) is 0 Å². The number of nitrogens with one attached hydrogen (secondary N) is 1. The Labute approximate surface area is 144 Å². The van der Waals surface area contributed by atoms with Gasteiger partial charge >= 0.3 is 6.03 Å². The van der Waals surface area contributed by atoms with Crippen LogP contribution in [0.2, 0.25) is 0 Å². The Kier molecular flexibility index (Phi) is 5.29. The second-order valence-electron chi connectivity index (χ2n) is 7.22. The van der Waals surface area contributed by atoms with Crippen molar-refractivity contribution >= 4 is 11.7 Å². The molecule has 0 saturated carbocycles. The summed E-state index contributed by atoms with van der Waals surface area (Å²) in [6.45, 7) is 8.06. The first-order valence-electron chi connectivity index (χ1n) is 9.10. The first-order valence-corrected chi connectivity index (χ1v) is 9.10. The maximum Gasteiger partial charge on any atom is 0.317 e. The Morgan fingerprint density at radius 1 is 1.33 bits per heavy atom. The molecule has 1 aromatic carbocycles. The lowest BCUT2D eigenvalue weighted by molar-refractivity contribution is 0.129. The molecule has 2 saturated heterocycles. The van der Waals surface area contributed by atoms with Crippen molar-refractivity contribution in [3.05, 3.63) is 29.3 Å². The Hall–Kier alpha value is -1.75. The zero-order chi connectivity index (χ0) is 17.1. The summed E-state index contributed by atoms with van der Waals surface area (Å²) >= 11 is 0. The van der Waals surface area contributed by atoms with Crippen LogP contribution in [0.25, 0.3) is 0 Å². The molecule has 0 aromatic heterocycles. The number of aliphatic hydroxyl groups is 1. The van der Waals surface area contributed by atoms with E-state index in [9.17, 15) is 9.90 Å². The third-order valence-electron chi connectivity index (χ3n) is 5.31. The van der Waals surface area contributed by atoms with Crippen molar-refractivity contribution in [3.8, 4) is 0 Å². The van der Waals surface area contributed by atoms with E-state index >= 15 is 0 Å². The number of carbonyl (C=O) groups excluding carboxylic acids is 1. The fourth-order valence-corrected chi connectivity index (χ4v) is 3.72. The highest BCUT2D eigenvalue weighted by Crippen LogP contribution is 2.26.